The first-order valence-electron chi connectivity index (χ1n) is 8.40. The van der Waals surface area contributed by atoms with E-state index in [9.17, 15) is 19.8 Å². The van der Waals surface area contributed by atoms with Crippen LogP contribution >= 0.6 is 0 Å². The Bertz CT molecular complexity index is 445. The first-order chi connectivity index (χ1) is 11.0. The van der Waals surface area contributed by atoms with E-state index in [1.54, 1.807) is 20.8 Å². The average Bonchev–Trinajstić information content (AvgIpc) is 2.43. The highest BCUT2D eigenvalue weighted by atomic mass is 16.6. The molecule has 1 saturated heterocycles. The Morgan fingerprint density at radius 1 is 1.25 bits per heavy atom. The van der Waals surface area contributed by atoms with Crippen molar-refractivity contribution >= 4 is 11.9 Å². The lowest BCUT2D eigenvalue weighted by atomic mass is 9.86. The molecule has 0 aromatic rings. The Morgan fingerprint density at radius 2 is 1.83 bits per heavy atom. The Kier molecular flexibility index (Phi) is 7.19. The lowest BCUT2D eigenvalue weighted by Gasteiger charge is -2.45. The van der Waals surface area contributed by atoms with Crippen molar-refractivity contribution in [1.82, 2.24) is 5.32 Å². The van der Waals surface area contributed by atoms with E-state index >= 15 is 0 Å². The SMILES string of the molecule is CC(=O)OC1C(O)C(CO)OC(CC(C)C)C1NC(=O)C(C)(C)C. The van der Waals surface area contributed by atoms with Gasteiger partial charge in [-0.1, -0.05) is 34.6 Å². The second-order valence-corrected chi connectivity index (χ2v) is 7.84. The van der Waals surface area contributed by atoms with Crippen LogP contribution in [-0.2, 0) is 19.1 Å². The fourth-order valence-electron chi connectivity index (χ4n) is 2.72. The van der Waals surface area contributed by atoms with Gasteiger partial charge in [-0.15, -0.1) is 0 Å². The van der Waals surface area contributed by atoms with Crippen molar-refractivity contribution in [3.05, 3.63) is 0 Å². The van der Waals surface area contributed by atoms with Crippen LogP contribution in [0.5, 0.6) is 0 Å². The van der Waals surface area contributed by atoms with Crippen LogP contribution in [0.25, 0.3) is 0 Å². The van der Waals surface area contributed by atoms with Crippen LogP contribution in [0.1, 0.15) is 48.0 Å². The minimum Gasteiger partial charge on any atom is -0.457 e. The zero-order chi connectivity index (χ0) is 18.7. The number of amides is 1. The van der Waals surface area contributed by atoms with Gasteiger partial charge in [-0.25, -0.2) is 0 Å². The summed E-state index contributed by atoms with van der Waals surface area (Å²) in [6.07, 6.45) is -2.92. The fraction of sp³-hybridized carbons (Fsp3) is 0.882. The highest BCUT2D eigenvalue weighted by Crippen LogP contribution is 2.28. The van der Waals surface area contributed by atoms with Crippen molar-refractivity contribution in [2.75, 3.05) is 6.61 Å². The number of rotatable bonds is 5. The van der Waals surface area contributed by atoms with Crippen molar-refractivity contribution in [2.24, 2.45) is 11.3 Å². The second kappa shape index (κ2) is 8.27. The summed E-state index contributed by atoms with van der Waals surface area (Å²) in [6.45, 7) is 10.2. The molecular weight excluding hydrogens is 314 g/mol. The van der Waals surface area contributed by atoms with Gasteiger partial charge in [0.05, 0.1) is 18.8 Å². The molecule has 0 bridgehead atoms. The summed E-state index contributed by atoms with van der Waals surface area (Å²) in [5, 5.41) is 22.7. The number of hydrogen-bond acceptors (Lipinski definition) is 6. The van der Waals surface area contributed by atoms with Crippen LogP contribution in [0.4, 0.5) is 0 Å². The van der Waals surface area contributed by atoms with E-state index in [0.717, 1.165) is 0 Å². The van der Waals surface area contributed by atoms with Gasteiger partial charge < -0.3 is 25.0 Å². The fourth-order valence-corrected chi connectivity index (χ4v) is 2.72. The summed E-state index contributed by atoms with van der Waals surface area (Å²) in [5.41, 5.74) is -0.637. The molecule has 0 spiro atoms. The van der Waals surface area contributed by atoms with Gasteiger partial charge in [0.15, 0.2) is 6.10 Å². The van der Waals surface area contributed by atoms with Crippen LogP contribution in [0, 0.1) is 11.3 Å². The molecule has 0 aromatic heterocycles. The molecule has 0 aliphatic carbocycles. The lowest BCUT2D eigenvalue weighted by molar-refractivity contribution is -0.212. The van der Waals surface area contributed by atoms with Gasteiger partial charge in [0.25, 0.3) is 0 Å². The van der Waals surface area contributed by atoms with Crippen molar-refractivity contribution in [3.63, 3.8) is 0 Å². The first kappa shape index (κ1) is 20.9. The van der Waals surface area contributed by atoms with Crippen LogP contribution < -0.4 is 5.32 Å². The number of aliphatic hydroxyl groups is 2. The summed E-state index contributed by atoms with van der Waals surface area (Å²) < 4.78 is 11.1. The van der Waals surface area contributed by atoms with Crippen molar-refractivity contribution in [3.8, 4) is 0 Å². The monoisotopic (exact) mass is 345 g/mol. The van der Waals surface area contributed by atoms with Crippen LogP contribution in [-0.4, -0.2) is 59.2 Å². The van der Waals surface area contributed by atoms with Crippen molar-refractivity contribution in [2.45, 2.75) is 78.4 Å². The molecule has 0 saturated carbocycles. The topological polar surface area (TPSA) is 105 Å². The predicted octanol–water partition coefficient (Wildman–Crippen LogP) is 0.616. The molecule has 3 N–H and O–H groups in total. The molecule has 1 fully saturated rings. The zero-order valence-electron chi connectivity index (χ0n) is 15.4. The maximum Gasteiger partial charge on any atom is 0.303 e. The summed E-state index contributed by atoms with van der Waals surface area (Å²) in [5.74, 6) is -0.524. The number of carbonyl (C=O) groups is 2. The van der Waals surface area contributed by atoms with Gasteiger partial charge in [-0.3, -0.25) is 9.59 Å². The molecule has 1 heterocycles. The van der Waals surface area contributed by atoms with E-state index in [0.29, 0.717) is 6.42 Å². The Hall–Kier alpha value is -1.18. The summed E-state index contributed by atoms with van der Waals surface area (Å²) >= 11 is 0. The molecule has 1 amide bonds. The molecule has 24 heavy (non-hydrogen) atoms. The normalized spacial score (nSPS) is 31.0. The third-order valence-electron chi connectivity index (χ3n) is 3.99. The predicted molar refractivity (Wildman–Crippen MR) is 88.1 cm³/mol. The quantitative estimate of drug-likeness (QED) is 0.631. The number of hydrogen-bond donors (Lipinski definition) is 3. The Labute approximate surface area is 143 Å². The minimum absolute atomic E-state index is 0.225. The molecule has 5 atom stereocenters. The van der Waals surface area contributed by atoms with E-state index in [-0.39, 0.29) is 11.8 Å². The third-order valence-corrected chi connectivity index (χ3v) is 3.99. The number of ether oxygens (including phenoxy) is 2. The smallest absolute Gasteiger partial charge is 0.303 e. The van der Waals surface area contributed by atoms with Crippen molar-refractivity contribution in [1.29, 1.82) is 0 Å². The van der Waals surface area contributed by atoms with E-state index in [1.165, 1.54) is 6.92 Å². The number of aliphatic hydroxyl groups excluding tert-OH is 2. The molecule has 5 unspecified atom stereocenters. The maximum absolute atomic E-state index is 12.4. The number of esters is 1. The molecule has 7 nitrogen and oxygen atoms in total. The molecule has 1 aliphatic rings. The second-order valence-electron chi connectivity index (χ2n) is 7.84. The molecule has 1 rings (SSSR count). The van der Waals surface area contributed by atoms with Gasteiger partial charge in [0.2, 0.25) is 5.91 Å². The molecule has 0 radical (unpaired) electrons. The highest BCUT2D eigenvalue weighted by Gasteiger charge is 2.48. The molecule has 0 aromatic carbocycles. The standard InChI is InChI=1S/C17H31NO6/c1-9(2)7-11-13(18-16(22)17(4,5)6)15(23-10(3)20)14(21)12(8-19)24-11/h9,11-15,19,21H,7-8H2,1-6H3,(H,18,22). The number of nitrogens with one attached hydrogen (secondary N) is 1. The largest absolute Gasteiger partial charge is 0.457 e. The van der Waals surface area contributed by atoms with E-state index in [2.05, 4.69) is 5.32 Å². The third kappa shape index (κ3) is 5.43. The number of carbonyl (C=O) groups excluding carboxylic acids is 2. The molecule has 1 aliphatic heterocycles. The van der Waals surface area contributed by atoms with Gasteiger partial charge in [-0.05, 0) is 12.3 Å². The summed E-state index contributed by atoms with van der Waals surface area (Å²) in [4.78, 5) is 23.9. The Morgan fingerprint density at radius 3 is 2.25 bits per heavy atom. The first-order valence-corrected chi connectivity index (χ1v) is 8.40. The van der Waals surface area contributed by atoms with Crippen LogP contribution in [0.2, 0.25) is 0 Å². The lowest BCUT2D eigenvalue weighted by Crippen LogP contribution is -2.66. The van der Waals surface area contributed by atoms with Gasteiger partial charge in [0, 0.05) is 12.3 Å². The van der Waals surface area contributed by atoms with E-state index in [1.807, 2.05) is 13.8 Å². The van der Waals surface area contributed by atoms with Crippen LogP contribution in [0.3, 0.4) is 0 Å². The maximum atomic E-state index is 12.4. The molecular formula is C17H31NO6. The summed E-state index contributed by atoms with van der Waals surface area (Å²) in [6, 6.07) is -0.680. The average molecular weight is 345 g/mol. The minimum atomic E-state index is -1.22. The van der Waals surface area contributed by atoms with E-state index in [4.69, 9.17) is 9.47 Å². The molecule has 140 valence electrons. The Balaban J connectivity index is 3.12. The summed E-state index contributed by atoms with van der Waals surface area (Å²) in [7, 11) is 0. The van der Waals surface area contributed by atoms with Gasteiger partial charge in [-0.2, -0.15) is 0 Å². The van der Waals surface area contributed by atoms with Crippen molar-refractivity contribution < 1.29 is 29.3 Å². The van der Waals surface area contributed by atoms with Gasteiger partial charge >= 0.3 is 5.97 Å². The molecule has 7 heteroatoms. The van der Waals surface area contributed by atoms with Crippen LogP contribution in [0.15, 0.2) is 0 Å². The van der Waals surface area contributed by atoms with Gasteiger partial charge in [0.1, 0.15) is 12.2 Å². The van der Waals surface area contributed by atoms with E-state index < -0.39 is 48.4 Å². The zero-order valence-corrected chi connectivity index (χ0v) is 15.4. The highest BCUT2D eigenvalue weighted by molar-refractivity contribution is 5.81.